The number of ketones is 2. The zero-order valence-corrected chi connectivity index (χ0v) is 28.8. The number of aryl methyl sites for hydroxylation is 1. The molecule has 48 heavy (non-hydrogen) atoms. The van der Waals surface area contributed by atoms with Gasteiger partial charge in [0.25, 0.3) is 0 Å². The summed E-state index contributed by atoms with van der Waals surface area (Å²) >= 11 is 0. The third-order valence-corrected chi connectivity index (χ3v) is 11.5. The summed E-state index contributed by atoms with van der Waals surface area (Å²) in [6.07, 6.45) is 7.13. The molecule has 3 atom stereocenters. The topological polar surface area (TPSA) is 105 Å². The van der Waals surface area contributed by atoms with Crippen LogP contribution in [0.4, 0.5) is 11.6 Å². The van der Waals surface area contributed by atoms with Crippen LogP contribution in [-0.4, -0.2) is 31.5 Å². The van der Waals surface area contributed by atoms with Crippen LogP contribution in [0.2, 0.25) is 0 Å². The van der Waals surface area contributed by atoms with Crippen LogP contribution < -0.4 is 10.6 Å². The molecule has 4 aliphatic rings. The minimum atomic E-state index is -0.648. The zero-order chi connectivity index (χ0) is 33.6. The Labute approximate surface area is 282 Å². The highest BCUT2D eigenvalue weighted by Crippen LogP contribution is 2.55. The number of carbonyl (C=O) groups excluding carboxylic acids is 2. The van der Waals surface area contributed by atoms with Crippen LogP contribution in [0.15, 0.2) is 89.5 Å². The molecule has 0 spiro atoms. The molecule has 3 N–H and O–H groups in total. The third-order valence-electron chi connectivity index (χ3n) is 11.5. The molecule has 8 rings (SSSR count). The monoisotopic (exact) mass is 640 g/mol. The van der Waals surface area contributed by atoms with E-state index in [1.54, 1.807) is 0 Å². The molecular weight excluding hydrogens is 596 g/mol. The molecule has 0 fully saturated rings. The van der Waals surface area contributed by atoms with Crippen LogP contribution in [0.3, 0.4) is 0 Å². The maximum atomic E-state index is 14.5. The molecule has 0 radical (unpaired) electrons. The Bertz CT molecular complexity index is 2060. The first kappa shape index (κ1) is 30.6. The van der Waals surface area contributed by atoms with E-state index in [0.29, 0.717) is 25.8 Å². The largest absolute Gasteiger partial charge is 0.343 e. The molecule has 0 saturated carbocycles. The van der Waals surface area contributed by atoms with Gasteiger partial charge in [0.2, 0.25) is 0 Å². The normalized spacial score (nSPS) is 27.5. The van der Waals surface area contributed by atoms with Crippen molar-refractivity contribution >= 4 is 23.2 Å². The molecule has 2 aliphatic carbocycles. The van der Waals surface area contributed by atoms with E-state index >= 15 is 0 Å². The van der Waals surface area contributed by atoms with E-state index < -0.39 is 16.2 Å². The third kappa shape index (κ3) is 4.41. The van der Waals surface area contributed by atoms with Gasteiger partial charge >= 0.3 is 0 Å². The van der Waals surface area contributed by atoms with Gasteiger partial charge in [0.15, 0.2) is 17.4 Å². The highest BCUT2D eigenvalue weighted by atomic mass is 16.1. The van der Waals surface area contributed by atoms with Crippen molar-refractivity contribution in [2.75, 3.05) is 10.6 Å². The van der Waals surface area contributed by atoms with Crippen LogP contribution in [-0.2, 0) is 27.0 Å². The smallest absolute Gasteiger partial charge is 0.162 e. The minimum absolute atomic E-state index is 0.132. The molecular formula is C40H44N6O2. The van der Waals surface area contributed by atoms with E-state index in [1.807, 2.05) is 29.1 Å². The summed E-state index contributed by atoms with van der Waals surface area (Å²) in [5.74, 6) is 2.00. The van der Waals surface area contributed by atoms with E-state index in [4.69, 9.17) is 5.10 Å². The molecule has 8 nitrogen and oxygen atoms in total. The SMILES string of the molecule is CC[C@@]1(c2ccccc2)C2=C(CC(C)(Cn3cc4c(n3)NC3=C(C(=O)CC(C)(C)C3)[C@]4(C)c3cccc(C)c3)CC2=O)Nc2[nH]ncc21. The first-order valence-corrected chi connectivity index (χ1v) is 17.2. The van der Waals surface area contributed by atoms with E-state index in [-0.39, 0.29) is 17.0 Å². The first-order valence-electron chi connectivity index (χ1n) is 17.2. The van der Waals surface area contributed by atoms with Gasteiger partial charge in [-0.2, -0.15) is 10.2 Å². The summed E-state index contributed by atoms with van der Waals surface area (Å²) in [6.45, 7) is 13.5. The van der Waals surface area contributed by atoms with Gasteiger partial charge in [0.05, 0.1) is 17.0 Å². The van der Waals surface area contributed by atoms with Crippen molar-refractivity contribution in [3.8, 4) is 0 Å². The lowest BCUT2D eigenvalue weighted by Gasteiger charge is -2.45. The number of H-pyrrole nitrogens is 1. The second-order valence-corrected chi connectivity index (χ2v) is 15.9. The minimum Gasteiger partial charge on any atom is -0.343 e. The Morgan fingerprint density at radius 1 is 0.812 bits per heavy atom. The number of nitrogens with one attached hydrogen (secondary N) is 3. The molecule has 4 aromatic rings. The lowest BCUT2D eigenvalue weighted by atomic mass is 9.60. The van der Waals surface area contributed by atoms with E-state index in [2.05, 4.69) is 105 Å². The number of hydrogen-bond donors (Lipinski definition) is 3. The van der Waals surface area contributed by atoms with Crippen LogP contribution in [0.5, 0.6) is 0 Å². The van der Waals surface area contributed by atoms with Gasteiger partial charge in [-0.1, -0.05) is 87.9 Å². The summed E-state index contributed by atoms with van der Waals surface area (Å²) in [6, 6.07) is 18.9. The Kier molecular flexibility index (Phi) is 6.62. The lowest BCUT2D eigenvalue weighted by Crippen LogP contribution is -2.44. The van der Waals surface area contributed by atoms with E-state index in [0.717, 1.165) is 74.8 Å². The van der Waals surface area contributed by atoms with Gasteiger partial charge in [0.1, 0.15) is 5.82 Å². The maximum absolute atomic E-state index is 14.5. The van der Waals surface area contributed by atoms with Crippen molar-refractivity contribution in [3.05, 3.63) is 117 Å². The molecule has 2 aromatic heterocycles. The molecule has 0 amide bonds. The van der Waals surface area contributed by atoms with E-state index in [1.165, 1.54) is 0 Å². The Hall–Kier alpha value is -4.72. The Morgan fingerprint density at radius 3 is 2.29 bits per heavy atom. The van der Waals surface area contributed by atoms with Crippen molar-refractivity contribution in [1.29, 1.82) is 0 Å². The van der Waals surface area contributed by atoms with Crippen LogP contribution in [0.1, 0.15) is 94.5 Å². The molecule has 8 heteroatoms. The predicted octanol–water partition coefficient (Wildman–Crippen LogP) is 7.73. The summed E-state index contributed by atoms with van der Waals surface area (Å²) in [5.41, 5.74) is 7.27. The molecule has 0 bridgehead atoms. The maximum Gasteiger partial charge on any atom is 0.162 e. The van der Waals surface area contributed by atoms with Gasteiger partial charge < -0.3 is 10.6 Å². The number of anilines is 2. The highest BCUT2D eigenvalue weighted by molar-refractivity contribution is 6.03. The number of rotatable bonds is 5. The predicted molar refractivity (Wildman–Crippen MR) is 188 cm³/mol. The van der Waals surface area contributed by atoms with Crippen LogP contribution in [0.25, 0.3) is 0 Å². The van der Waals surface area contributed by atoms with Gasteiger partial charge in [-0.25, -0.2) is 0 Å². The molecule has 1 unspecified atom stereocenters. The van der Waals surface area contributed by atoms with Crippen LogP contribution >= 0.6 is 0 Å². The number of hydrogen-bond acceptors (Lipinski definition) is 6. The highest BCUT2D eigenvalue weighted by Gasteiger charge is 2.52. The fourth-order valence-corrected chi connectivity index (χ4v) is 9.41. The standard InChI is InChI=1S/C40H44N6O2/c1-7-40(25-13-9-8-10-14-25)27-21-41-44-35(27)42-30-18-38(5,20-32(48)34(30)40)23-46-22-28-36(45-46)43-29-17-37(3,4)19-31(47)33(29)39(28,6)26-15-11-12-24(2)16-26/h8-16,21-22H,7,17-20,23H2,1-6H3,(H,43,45)(H2,41,42,44)/t38?,39-,40+/m1/s1. The number of aromatic amines is 1. The summed E-state index contributed by atoms with van der Waals surface area (Å²) in [5, 5.41) is 19.9. The summed E-state index contributed by atoms with van der Waals surface area (Å²) < 4.78 is 2.01. The number of allylic oxidation sites excluding steroid dienone is 4. The van der Waals surface area contributed by atoms with Crippen molar-refractivity contribution in [2.24, 2.45) is 10.8 Å². The van der Waals surface area contributed by atoms with Crippen LogP contribution in [0, 0.1) is 17.8 Å². The summed E-state index contributed by atoms with van der Waals surface area (Å²) in [7, 11) is 0. The molecule has 246 valence electrons. The van der Waals surface area contributed by atoms with Gasteiger partial charge in [-0.15, -0.1) is 0 Å². The lowest BCUT2D eigenvalue weighted by molar-refractivity contribution is -0.120. The zero-order valence-electron chi connectivity index (χ0n) is 28.8. The number of benzene rings is 2. The van der Waals surface area contributed by atoms with Gasteiger partial charge in [-0.05, 0) is 55.1 Å². The van der Waals surface area contributed by atoms with Gasteiger partial charge in [0, 0.05) is 59.3 Å². The Balaban J connectivity index is 1.19. The Morgan fingerprint density at radius 2 is 1.54 bits per heavy atom. The van der Waals surface area contributed by atoms with E-state index in [9.17, 15) is 9.59 Å². The number of aromatic nitrogens is 4. The molecule has 2 aliphatic heterocycles. The second-order valence-electron chi connectivity index (χ2n) is 15.9. The number of carbonyl (C=O) groups is 2. The molecule has 2 aromatic carbocycles. The molecule has 0 saturated heterocycles. The van der Waals surface area contributed by atoms with Crippen molar-refractivity contribution < 1.29 is 9.59 Å². The first-order chi connectivity index (χ1) is 22.9. The number of fused-ring (bicyclic) bond motifs is 2. The number of Topliss-reactive ketones (excluding diaryl/α,β-unsaturated/α-hetero) is 2. The second kappa shape index (κ2) is 10.4. The summed E-state index contributed by atoms with van der Waals surface area (Å²) in [4.78, 5) is 28.4. The fourth-order valence-electron chi connectivity index (χ4n) is 9.41. The molecule has 4 heterocycles. The van der Waals surface area contributed by atoms with Crippen molar-refractivity contribution in [2.45, 2.75) is 91.0 Å². The average molecular weight is 641 g/mol. The van der Waals surface area contributed by atoms with Gasteiger partial charge in [-0.3, -0.25) is 19.4 Å². The quantitative estimate of drug-likeness (QED) is 0.206. The van der Waals surface area contributed by atoms with Crippen molar-refractivity contribution in [1.82, 2.24) is 20.0 Å². The average Bonchev–Trinajstić information content (AvgIpc) is 3.66. The fraction of sp³-hybridized carbons (Fsp3) is 0.400. The number of nitrogens with zero attached hydrogens (tertiary/aromatic N) is 3. The van der Waals surface area contributed by atoms with Crippen molar-refractivity contribution in [3.63, 3.8) is 0 Å².